The molecule has 0 aliphatic heterocycles. The average molecular weight is 763 g/mol. The highest BCUT2D eigenvalue weighted by Crippen LogP contribution is 2.17. The minimum Gasteiger partial charge on any atom is -0.325 e. The molecule has 4 N–H and O–H groups in total. The maximum absolute atomic E-state index is 12.8. The molecule has 0 radical (unpaired) electrons. The van der Waals surface area contributed by atoms with Crippen LogP contribution in [0.15, 0.2) is 48.5 Å². The van der Waals surface area contributed by atoms with Crippen LogP contribution in [0.25, 0.3) is 0 Å². The van der Waals surface area contributed by atoms with E-state index in [0.717, 1.165) is 55.1 Å². The Morgan fingerprint density at radius 2 is 0.673 bits per heavy atom. The Kier molecular flexibility index (Phi) is 28.9. The molecule has 0 aromatic heterocycles. The van der Waals surface area contributed by atoms with Gasteiger partial charge in [0.1, 0.15) is 0 Å². The van der Waals surface area contributed by atoms with Crippen molar-refractivity contribution in [2.45, 2.75) is 175 Å². The third-order valence-corrected chi connectivity index (χ3v) is 10.6. The summed E-state index contributed by atoms with van der Waals surface area (Å²) in [6.45, 7) is 14.3. The minimum atomic E-state index is -0.160. The average Bonchev–Trinajstić information content (AvgIpc) is 3.19. The smallest absolute Gasteiger partial charge is 0.320 e. The lowest BCUT2D eigenvalue weighted by Crippen LogP contribution is -2.40. The van der Waals surface area contributed by atoms with Crippen molar-refractivity contribution < 1.29 is 9.59 Å². The summed E-state index contributed by atoms with van der Waals surface area (Å²) in [5.74, 6) is 0. The third-order valence-electron chi connectivity index (χ3n) is 10.6. The summed E-state index contributed by atoms with van der Waals surface area (Å²) in [5, 5.41) is 12.2. The molecule has 2 aromatic carbocycles. The van der Waals surface area contributed by atoms with Gasteiger partial charge in [0.2, 0.25) is 0 Å². The fourth-order valence-corrected chi connectivity index (χ4v) is 7.01. The van der Waals surface area contributed by atoms with E-state index in [1.807, 2.05) is 24.3 Å². The Bertz CT molecular complexity index is 1110. The standard InChI is InChI=1S/C47H82N6O2/c1-5-9-13-17-21-25-37-52(35-23-19-15-11-7-3)40-48-46(54)50-44-31-27-42(28-32-44)39-43-29-33-45(34-30-43)51-47(55)49-41-53(36-24-20-16-12-8-4)38-26-22-18-14-10-6-2/h27-34H,5-26,35-41H2,1-4H3,(H2,48,50,54)(H2,49,51,55). The number of carbonyl (C=O) groups excluding carboxylic acids is 2. The highest BCUT2D eigenvalue weighted by molar-refractivity contribution is 5.89. The summed E-state index contributed by atoms with van der Waals surface area (Å²) < 4.78 is 0. The van der Waals surface area contributed by atoms with Crippen LogP contribution in [-0.2, 0) is 6.42 Å². The largest absolute Gasteiger partial charge is 0.325 e. The maximum atomic E-state index is 12.8. The predicted octanol–water partition coefficient (Wildman–Crippen LogP) is 12.7. The molecule has 8 nitrogen and oxygen atoms in total. The van der Waals surface area contributed by atoms with Crippen molar-refractivity contribution >= 4 is 23.4 Å². The first-order chi connectivity index (χ1) is 27.0. The van der Waals surface area contributed by atoms with Crippen LogP contribution in [0, 0.1) is 0 Å². The van der Waals surface area contributed by atoms with Crippen LogP contribution < -0.4 is 21.3 Å². The lowest BCUT2D eigenvalue weighted by atomic mass is 10.0. The summed E-state index contributed by atoms with van der Waals surface area (Å²) in [6.07, 6.45) is 28.8. The number of anilines is 2. The first-order valence-electron chi connectivity index (χ1n) is 22.7. The predicted molar refractivity (Wildman–Crippen MR) is 237 cm³/mol. The zero-order chi connectivity index (χ0) is 39.6. The zero-order valence-electron chi connectivity index (χ0n) is 35.8. The molecule has 312 valence electrons. The SMILES string of the molecule is CCCCCCCCN(CCCCCCC)CNC(=O)Nc1ccc(Cc2ccc(NC(=O)NCN(CCCCCCC)CCCCCCCC)cc2)cc1. The number of carbonyl (C=O) groups is 2. The molecule has 0 saturated heterocycles. The van der Waals surface area contributed by atoms with Crippen molar-refractivity contribution in [3.63, 3.8) is 0 Å². The lowest BCUT2D eigenvalue weighted by molar-refractivity contribution is 0.223. The van der Waals surface area contributed by atoms with Crippen molar-refractivity contribution in [1.29, 1.82) is 0 Å². The number of urea groups is 2. The van der Waals surface area contributed by atoms with E-state index >= 15 is 0 Å². The highest BCUT2D eigenvalue weighted by Gasteiger charge is 2.10. The molecular formula is C47H82N6O2. The van der Waals surface area contributed by atoms with Gasteiger partial charge in [-0.05, 0) is 93.7 Å². The normalized spacial score (nSPS) is 11.3. The summed E-state index contributed by atoms with van der Waals surface area (Å²) in [5.41, 5.74) is 3.90. The van der Waals surface area contributed by atoms with Crippen molar-refractivity contribution in [2.24, 2.45) is 0 Å². The number of unbranched alkanes of at least 4 members (excludes halogenated alkanes) is 18. The van der Waals surface area contributed by atoms with Crippen LogP contribution in [0.5, 0.6) is 0 Å². The van der Waals surface area contributed by atoms with Gasteiger partial charge in [-0.1, -0.05) is 168 Å². The van der Waals surface area contributed by atoms with Crippen molar-refractivity contribution in [1.82, 2.24) is 20.4 Å². The van der Waals surface area contributed by atoms with E-state index in [2.05, 4.69) is 83.0 Å². The Balaban J connectivity index is 1.77. The Labute approximate surface area is 337 Å². The van der Waals surface area contributed by atoms with Crippen LogP contribution in [-0.4, -0.2) is 61.4 Å². The molecule has 0 fully saturated rings. The molecule has 0 bridgehead atoms. The lowest BCUT2D eigenvalue weighted by Gasteiger charge is -2.23. The van der Waals surface area contributed by atoms with E-state index in [1.165, 1.54) is 141 Å². The van der Waals surface area contributed by atoms with E-state index in [4.69, 9.17) is 0 Å². The van der Waals surface area contributed by atoms with Gasteiger partial charge in [-0.25, -0.2) is 9.59 Å². The van der Waals surface area contributed by atoms with Crippen LogP contribution in [0.1, 0.15) is 180 Å². The Morgan fingerprint density at radius 1 is 0.400 bits per heavy atom. The topological polar surface area (TPSA) is 88.7 Å². The molecular weight excluding hydrogens is 681 g/mol. The molecule has 0 spiro atoms. The maximum Gasteiger partial charge on any atom is 0.320 e. The van der Waals surface area contributed by atoms with Gasteiger partial charge in [-0.3, -0.25) is 9.80 Å². The number of rotatable bonds is 34. The van der Waals surface area contributed by atoms with Gasteiger partial charge >= 0.3 is 12.1 Å². The van der Waals surface area contributed by atoms with Gasteiger partial charge < -0.3 is 21.3 Å². The van der Waals surface area contributed by atoms with Gasteiger partial charge in [-0.15, -0.1) is 0 Å². The molecule has 55 heavy (non-hydrogen) atoms. The number of amides is 4. The van der Waals surface area contributed by atoms with Gasteiger partial charge in [0.05, 0.1) is 13.3 Å². The summed E-state index contributed by atoms with van der Waals surface area (Å²) >= 11 is 0. The molecule has 0 heterocycles. The first-order valence-corrected chi connectivity index (χ1v) is 22.7. The van der Waals surface area contributed by atoms with Crippen molar-refractivity contribution in [3.8, 4) is 0 Å². The van der Waals surface area contributed by atoms with Crippen LogP contribution in [0.2, 0.25) is 0 Å². The van der Waals surface area contributed by atoms with E-state index in [-0.39, 0.29) is 12.1 Å². The quantitative estimate of drug-likeness (QED) is 0.0422. The number of hydrogen-bond acceptors (Lipinski definition) is 4. The highest BCUT2D eigenvalue weighted by atomic mass is 16.2. The van der Waals surface area contributed by atoms with Gasteiger partial charge in [0.15, 0.2) is 0 Å². The van der Waals surface area contributed by atoms with Crippen LogP contribution >= 0.6 is 0 Å². The van der Waals surface area contributed by atoms with Crippen molar-refractivity contribution in [3.05, 3.63) is 59.7 Å². The second-order valence-corrected chi connectivity index (χ2v) is 15.7. The minimum absolute atomic E-state index is 0.160. The Hall–Kier alpha value is -3.10. The van der Waals surface area contributed by atoms with E-state index < -0.39 is 0 Å². The summed E-state index contributed by atoms with van der Waals surface area (Å²) in [6, 6.07) is 15.8. The molecule has 2 rings (SSSR count). The number of nitrogens with one attached hydrogen (secondary N) is 4. The first kappa shape index (κ1) is 48.0. The monoisotopic (exact) mass is 763 g/mol. The van der Waals surface area contributed by atoms with Gasteiger partial charge in [0.25, 0.3) is 0 Å². The summed E-state index contributed by atoms with van der Waals surface area (Å²) in [7, 11) is 0. The molecule has 0 saturated carbocycles. The number of nitrogens with zero attached hydrogens (tertiary/aromatic N) is 2. The molecule has 0 unspecified atom stereocenters. The second kappa shape index (κ2) is 33.1. The molecule has 4 amide bonds. The van der Waals surface area contributed by atoms with E-state index in [9.17, 15) is 9.59 Å². The van der Waals surface area contributed by atoms with Gasteiger partial charge in [-0.2, -0.15) is 0 Å². The van der Waals surface area contributed by atoms with Crippen molar-refractivity contribution in [2.75, 3.05) is 50.1 Å². The van der Waals surface area contributed by atoms with E-state index in [1.54, 1.807) is 0 Å². The Morgan fingerprint density at radius 3 is 0.964 bits per heavy atom. The summed E-state index contributed by atoms with van der Waals surface area (Å²) in [4.78, 5) is 30.4. The molecule has 2 aromatic rings. The third kappa shape index (κ3) is 25.6. The molecule has 0 aliphatic carbocycles. The molecule has 0 aliphatic rings. The van der Waals surface area contributed by atoms with Gasteiger partial charge in [0, 0.05) is 11.4 Å². The van der Waals surface area contributed by atoms with Crippen LogP contribution in [0.4, 0.5) is 21.0 Å². The number of hydrogen-bond donors (Lipinski definition) is 4. The fourth-order valence-electron chi connectivity index (χ4n) is 7.01. The van der Waals surface area contributed by atoms with Crippen LogP contribution in [0.3, 0.4) is 0 Å². The molecule has 8 heteroatoms. The fraction of sp³-hybridized carbons (Fsp3) is 0.702. The molecule has 0 atom stereocenters. The number of benzene rings is 2. The second-order valence-electron chi connectivity index (χ2n) is 15.7. The van der Waals surface area contributed by atoms with E-state index in [0.29, 0.717) is 13.3 Å². The zero-order valence-corrected chi connectivity index (χ0v) is 35.8.